The van der Waals surface area contributed by atoms with E-state index in [1.54, 1.807) is 18.4 Å². The fourth-order valence-electron chi connectivity index (χ4n) is 5.44. The summed E-state index contributed by atoms with van der Waals surface area (Å²) in [6.07, 6.45) is 1.56. The molecular formula is C23H15Br2NO3. The van der Waals surface area contributed by atoms with Crippen LogP contribution >= 0.6 is 31.9 Å². The minimum absolute atomic E-state index is 0.149. The fourth-order valence-corrected chi connectivity index (χ4v) is 7.74. The van der Waals surface area contributed by atoms with Crippen molar-refractivity contribution in [1.29, 1.82) is 0 Å². The van der Waals surface area contributed by atoms with Gasteiger partial charge in [0.1, 0.15) is 5.76 Å². The highest BCUT2D eigenvalue weighted by atomic mass is 79.9. The van der Waals surface area contributed by atoms with Crippen molar-refractivity contribution in [2.24, 2.45) is 11.8 Å². The molecule has 0 saturated carbocycles. The number of benzene rings is 2. The maximum atomic E-state index is 13.6. The number of hydrogen-bond donors (Lipinski definition) is 0. The Morgan fingerprint density at radius 1 is 0.759 bits per heavy atom. The molecule has 0 N–H and O–H groups in total. The summed E-state index contributed by atoms with van der Waals surface area (Å²) in [5.41, 5.74) is 4.16. The topological polar surface area (TPSA) is 50.5 Å². The van der Waals surface area contributed by atoms with E-state index in [0.29, 0.717) is 5.76 Å². The summed E-state index contributed by atoms with van der Waals surface area (Å²) in [4.78, 5) is 28.7. The lowest BCUT2D eigenvalue weighted by Gasteiger charge is -2.55. The quantitative estimate of drug-likeness (QED) is 0.370. The minimum atomic E-state index is -0.745. The summed E-state index contributed by atoms with van der Waals surface area (Å²) in [6, 6.07) is 19.7. The van der Waals surface area contributed by atoms with Crippen LogP contribution in [0.1, 0.15) is 28.0 Å². The Morgan fingerprint density at radius 3 is 1.59 bits per heavy atom. The first-order valence-corrected chi connectivity index (χ1v) is 11.0. The van der Waals surface area contributed by atoms with Crippen LogP contribution in [-0.4, -0.2) is 16.7 Å². The van der Waals surface area contributed by atoms with Crippen LogP contribution in [0, 0.1) is 11.8 Å². The van der Waals surface area contributed by atoms with Gasteiger partial charge in [-0.3, -0.25) is 14.5 Å². The molecular weight excluding hydrogens is 498 g/mol. The Bertz CT molecular complexity index is 1060. The third kappa shape index (κ3) is 1.94. The Hall–Kier alpha value is -2.18. The summed E-state index contributed by atoms with van der Waals surface area (Å²) in [5, 5.41) is 0. The Kier molecular flexibility index (Phi) is 3.47. The highest BCUT2D eigenvalue weighted by Gasteiger charge is 2.72. The number of nitrogens with zero attached hydrogens (tertiary/aromatic N) is 1. The molecule has 0 unspecified atom stereocenters. The first-order chi connectivity index (χ1) is 14.0. The van der Waals surface area contributed by atoms with Crippen molar-refractivity contribution in [2.75, 3.05) is 0 Å². The zero-order chi connectivity index (χ0) is 20.0. The standard InChI is InChI=1S/C23H15Br2NO3/c24-22-14-7-1-2-8-15(14)23(25,17-10-4-3-9-16(17)22)19-18(22)20(27)26(21(19)28)12-13-6-5-11-29-13/h1-11,18-19H,12H2/t18-,19+,22?,23?. The van der Waals surface area contributed by atoms with Gasteiger partial charge < -0.3 is 4.42 Å². The lowest BCUT2D eigenvalue weighted by atomic mass is 9.54. The molecule has 144 valence electrons. The van der Waals surface area contributed by atoms with E-state index in [9.17, 15) is 9.59 Å². The normalized spacial score (nSPS) is 31.6. The van der Waals surface area contributed by atoms with Gasteiger partial charge in [-0.2, -0.15) is 0 Å². The summed E-state index contributed by atoms with van der Waals surface area (Å²) in [7, 11) is 0. The molecule has 2 bridgehead atoms. The first kappa shape index (κ1) is 17.7. The second kappa shape index (κ2) is 5.70. The van der Waals surface area contributed by atoms with E-state index >= 15 is 0 Å². The van der Waals surface area contributed by atoms with Crippen LogP contribution in [0.2, 0.25) is 0 Å². The highest BCUT2D eigenvalue weighted by Crippen LogP contribution is 2.70. The molecule has 4 aliphatic rings. The van der Waals surface area contributed by atoms with E-state index in [0.717, 1.165) is 22.3 Å². The van der Waals surface area contributed by atoms with Gasteiger partial charge in [-0.25, -0.2) is 0 Å². The monoisotopic (exact) mass is 511 g/mol. The SMILES string of the molecule is O=C1[C@@H]2[C@H](C(=O)N1Cc1ccco1)C1(Br)c3ccccc3C2(Br)c2ccccc21. The Morgan fingerprint density at radius 2 is 1.21 bits per heavy atom. The second-order valence-electron chi connectivity index (χ2n) is 7.81. The third-order valence-corrected chi connectivity index (χ3v) is 9.27. The molecule has 1 fully saturated rings. The predicted octanol–water partition coefficient (Wildman–Crippen LogP) is 4.69. The largest absolute Gasteiger partial charge is 0.467 e. The number of carbonyl (C=O) groups excluding carboxylic acids is 2. The molecule has 3 aliphatic carbocycles. The number of likely N-dealkylation sites (tertiary alicyclic amines) is 1. The van der Waals surface area contributed by atoms with Crippen LogP contribution < -0.4 is 0 Å². The smallest absolute Gasteiger partial charge is 0.235 e. The predicted molar refractivity (Wildman–Crippen MR) is 114 cm³/mol. The molecule has 1 saturated heterocycles. The van der Waals surface area contributed by atoms with E-state index in [1.165, 1.54) is 4.90 Å². The number of hydrogen-bond acceptors (Lipinski definition) is 3. The van der Waals surface area contributed by atoms with E-state index < -0.39 is 20.5 Å². The molecule has 2 atom stereocenters. The van der Waals surface area contributed by atoms with E-state index in [-0.39, 0.29) is 18.4 Å². The highest BCUT2D eigenvalue weighted by molar-refractivity contribution is 9.10. The van der Waals surface area contributed by atoms with Crippen molar-refractivity contribution in [3.63, 3.8) is 0 Å². The lowest BCUT2D eigenvalue weighted by Crippen LogP contribution is -2.56. The van der Waals surface area contributed by atoms with Crippen molar-refractivity contribution in [3.8, 4) is 0 Å². The fraction of sp³-hybridized carbons (Fsp3) is 0.217. The van der Waals surface area contributed by atoms with Crippen molar-refractivity contribution in [3.05, 3.63) is 94.9 Å². The first-order valence-electron chi connectivity index (χ1n) is 9.44. The number of amides is 2. The Balaban J connectivity index is 1.62. The van der Waals surface area contributed by atoms with Crippen LogP contribution in [0.4, 0.5) is 0 Å². The number of furan rings is 1. The van der Waals surface area contributed by atoms with E-state index in [2.05, 4.69) is 56.1 Å². The number of rotatable bonds is 2. The lowest BCUT2D eigenvalue weighted by molar-refractivity contribution is -0.141. The average Bonchev–Trinajstić information content (AvgIpc) is 3.34. The van der Waals surface area contributed by atoms with Crippen molar-refractivity contribution in [2.45, 2.75) is 15.2 Å². The number of halogens is 2. The minimum Gasteiger partial charge on any atom is -0.467 e. The number of alkyl halides is 2. The van der Waals surface area contributed by atoms with Crippen LogP contribution in [0.3, 0.4) is 0 Å². The van der Waals surface area contributed by atoms with Gasteiger partial charge in [-0.15, -0.1) is 0 Å². The molecule has 1 aromatic heterocycles. The maximum Gasteiger partial charge on any atom is 0.235 e. The molecule has 3 aromatic rings. The Labute approximate surface area is 184 Å². The zero-order valence-electron chi connectivity index (χ0n) is 15.1. The molecule has 2 amide bonds. The van der Waals surface area contributed by atoms with Crippen molar-refractivity contribution >= 4 is 43.7 Å². The molecule has 0 spiro atoms. The van der Waals surface area contributed by atoms with Gasteiger partial charge in [-0.1, -0.05) is 80.4 Å². The summed E-state index contributed by atoms with van der Waals surface area (Å²) in [6.45, 7) is 0.149. The maximum absolute atomic E-state index is 13.6. The van der Waals surface area contributed by atoms with Crippen LogP contribution in [0.15, 0.2) is 71.3 Å². The van der Waals surface area contributed by atoms with E-state index in [1.807, 2.05) is 24.3 Å². The van der Waals surface area contributed by atoms with Gasteiger partial charge in [0.25, 0.3) is 0 Å². The van der Waals surface area contributed by atoms with Crippen molar-refractivity contribution < 1.29 is 14.0 Å². The zero-order valence-corrected chi connectivity index (χ0v) is 18.3. The molecule has 0 radical (unpaired) electrons. The summed E-state index contributed by atoms with van der Waals surface area (Å²) in [5.74, 6) is -0.801. The number of carbonyl (C=O) groups is 2. The molecule has 2 heterocycles. The molecule has 6 heteroatoms. The number of imide groups is 1. The van der Waals surface area contributed by atoms with Gasteiger partial charge in [0.2, 0.25) is 11.8 Å². The molecule has 29 heavy (non-hydrogen) atoms. The van der Waals surface area contributed by atoms with Crippen LogP contribution in [-0.2, 0) is 24.8 Å². The molecule has 7 rings (SSSR count). The molecule has 4 nitrogen and oxygen atoms in total. The van der Waals surface area contributed by atoms with Gasteiger partial charge in [0, 0.05) is 0 Å². The third-order valence-electron chi connectivity index (χ3n) is 6.57. The van der Waals surface area contributed by atoms with Crippen LogP contribution in [0.25, 0.3) is 0 Å². The van der Waals surface area contributed by atoms with Crippen LogP contribution in [0.5, 0.6) is 0 Å². The van der Waals surface area contributed by atoms with Gasteiger partial charge in [-0.05, 0) is 34.4 Å². The second-order valence-corrected chi connectivity index (χ2v) is 10.3. The van der Waals surface area contributed by atoms with Gasteiger partial charge >= 0.3 is 0 Å². The van der Waals surface area contributed by atoms with E-state index in [4.69, 9.17) is 4.42 Å². The molecule has 2 aromatic carbocycles. The molecule has 1 aliphatic heterocycles. The van der Waals surface area contributed by atoms with Gasteiger partial charge in [0.15, 0.2) is 0 Å². The van der Waals surface area contributed by atoms with Crippen molar-refractivity contribution in [1.82, 2.24) is 4.90 Å². The van der Waals surface area contributed by atoms with Gasteiger partial charge in [0.05, 0.1) is 33.3 Å². The summed E-state index contributed by atoms with van der Waals surface area (Å²) >= 11 is 7.98. The average molecular weight is 513 g/mol. The summed E-state index contributed by atoms with van der Waals surface area (Å²) < 4.78 is 3.93.